The second-order valence-corrected chi connectivity index (χ2v) is 4.22. The maximum atomic E-state index is 2.65. The van der Waals surface area contributed by atoms with Crippen molar-refractivity contribution in [2.24, 2.45) is 0 Å². The van der Waals surface area contributed by atoms with Crippen LogP contribution in [-0.4, -0.2) is 28.5 Å². The highest BCUT2D eigenvalue weighted by atomic mass is 127. The van der Waals surface area contributed by atoms with Gasteiger partial charge in [0.15, 0.2) is 0 Å². The highest BCUT2D eigenvalue weighted by Gasteiger charge is 2.21. The van der Waals surface area contributed by atoms with E-state index in [2.05, 4.69) is 48.3 Å². The van der Waals surface area contributed by atoms with Gasteiger partial charge in [0.1, 0.15) is 0 Å². The molecule has 0 saturated heterocycles. The molecule has 0 atom stereocenters. The van der Waals surface area contributed by atoms with Crippen molar-refractivity contribution in [3.05, 3.63) is 0 Å². The first-order chi connectivity index (χ1) is 6.75. The molecule has 1 rings (SSSR count). The standard InChI is InChI=1S/C11H23N.CH3I/c1-4-12(10(2)3)11-8-6-5-7-9-11;1-2/h10-11H,4-9H2,1-3H3;1H3. The van der Waals surface area contributed by atoms with Gasteiger partial charge in [-0.15, -0.1) is 0 Å². The summed E-state index contributed by atoms with van der Waals surface area (Å²) in [5.41, 5.74) is 0. The zero-order valence-corrected chi connectivity index (χ0v) is 12.4. The first-order valence-electron chi connectivity index (χ1n) is 5.89. The van der Waals surface area contributed by atoms with Crippen LogP contribution in [0.2, 0.25) is 0 Å². The van der Waals surface area contributed by atoms with E-state index in [4.69, 9.17) is 0 Å². The van der Waals surface area contributed by atoms with Gasteiger partial charge in [-0.2, -0.15) is 0 Å². The summed E-state index contributed by atoms with van der Waals surface area (Å²) < 4.78 is 0. The highest BCUT2D eigenvalue weighted by Crippen LogP contribution is 2.23. The lowest BCUT2D eigenvalue weighted by Crippen LogP contribution is -2.41. The van der Waals surface area contributed by atoms with Gasteiger partial charge in [0.05, 0.1) is 0 Å². The third-order valence-corrected chi connectivity index (χ3v) is 3.07. The molecule has 14 heavy (non-hydrogen) atoms. The van der Waals surface area contributed by atoms with Crippen molar-refractivity contribution in [3.63, 3.8) is 0 Å². The van der Waals surface area contributed by atoms with E-state index < -0.39 is 0 Å². The van der Waals surface area contributed by atoms with E-state index in [1.165, 1.54) is 38.6 Å². The van der Waals surface area contributed by atoms with Gasteiger partial charge in [-0.25, -0.2) is 0 Å². The van der Waals surface area contributed by atoms with E-state index >= 15 is 0 Å². The van der Waals surface area contributed by atoms with Crippen LogP contribution in [0.4, 0.5) is 0 Å². The molecule has 1 aliphatic carbocycles. The Morgan fingerprint density at radius 1 is 1.14 bits per heavy atom. The molecule has 0 aliphatic heterocycles. The van der Waals surface area contributed by atoms with Crippen LogP contribution in [-0.2, 0) is 0 Å². The van der Waals surface area contributed by atoms with Gasteiger partial charge in [-0.1, -0.05) is 48.8 Å². The molecule has 0 amide bonds. The topological polar surface area (TPSA) is 3.24 Å². The first-order valence-corrected chi connectivity index (χ1v) is 8.05. The SMILES string of the molecule is CCN(C(C)C)C1CCCCC1.CI. The van der Waals surface area contributed by atoms with Crippen LogP contribution < -0.4 is 0 Å². The zero-order valence-electron chi connectivity index (χ0n) is 10.2. The fourth-order valence-corrected chi connectivity index (χ4v) is 2.46. The van der Waals surface area contributed by atoms with E-state index in [9.17, 15) is 0 Å². The molecule has 0 aromatic carbocycles. The Kier molecular flexibility index (Phi) is 9.40. The van der Waals surface area contributed by atoms with E-state index in [1.807, 2.05) is 4.93 Å². The van der Waals surface area contributed by atoms with Crippen molar-refractivity contribution < 1.29 is 0 Å². The molecule has 1 nitrogen and oxygen atoms in total. The van der Waals surface area contributed by atoms with Crippen LogP contribution >= 0.6 is 22.6 Å². The molecular weight excluding hydrogens is 285 g/mol. The van der Waals surface area contributed by atoms with Gasteiger partial charge >= 0.3 is 0 Å². The molecule has 1 saturated carbocycles. The molecule has 0 aromatic rings. The van der Waals surface area contributed by atoms with Gasteiger partial charge in [0, 0.05) is 12.1 Å². The van der Waals surface area contributed by atoms with E-state index in [0.717, 1.165) is 12.1 Å². The fraction of sp³-hybridized carbons (Fsp3) is 1.00. The van der Waals surface area contributed by atoms with Crippen molar-refractivity contribution in [2.45, 2.75) is 65.0 Å². The Morgan fingerprint density at radius 2 is 1.64 bits per heavy atom. The minimum Gasteiger partial charge on any atom is -0.298 e. The number of alkyl halides is 1. The van der Waals surface area contributed by atoms with Crippen LogP contribution in [0.25, 0.3) is 0 Å². The third kappa shape index (κ3) is 4.96. The molecule has 0 unspecified atom stereocenters. The molecule has 0 bridgehead atoms. The smallest absolute Gasteiger partial charge is 0.00978 e. The van der Waals surface area contributed by atoms with Crippen LogP contribution in [0.1, 0.15) is 52.9 Å². The monoisotopic (exact) mass is 311 g/mol. The second kappa shape index (κ2) is 8.96. The van der Waals surface area contributed by atoms with E-state index in [-0.39, 0.29) is 0 Å². The van der Waals surface area contributed by atoms with Crippen molar-refractivity contribution in [1.82, 2.24) is 4.90 Å². The first kappa shape index (κ1) is 14.7. The number of hydrogen-bond acceptors (Lipinski definition) is 1. The molecule has 2 heteroatoms. The lowest BCUT2D eigenvalue weighted by atomic mass is 9.93. The second-order valence-electron chi connectivity index (χ2n) is 4.22. The van der Waals surface area contributed by atoms with Crippen LogP contribution in [0, 0.1) is 0 Å². The largest absolute Gasteiger partial charge is 0.298 e. The predicted octanol–water partition coefficient (Wildman–Crippen LogP) is 4.10. The fourth-order valence-electron chi connectivity index (χ4n) is 2.46. The van der Waals surface area contributed by atoms with Crippen molar-refractivity contribution in [2.75, 3.05) is 11.5 Å². The van der Waals surface area contributed by atoms with Crippen molar-refractivity contribution >= 4 is 22.6 Å². The normalized spacial score (nSPS) is 18.2. The van der Waals surface area contributed by atoms with Gasteiger partial charge in [0.2, 0.25) is 0 Å². The van der Waals surface area contributed by atoms with Crippen LogP contribution in [0.15, 0.2) is 0 Å². The molecular formula is C12H26IN. The average molecular weight is 311 g/mol. The Morgan fingerprint density at radius 3 is 2.00 bits per heavy atom. The minimum absolute atomic E-state index is 0.734. The summed E-state index contributed by atoms with van der Waals surface area (Å²) in [6.07, 6.45) is 7.24. The van der Waals surface area contributed by atoms with Gasteiger partial charge < -0.3 is 0 Å². The van der Waals surface area contributed by atoms with Crippen LogP contribution in [0.5, 0.6) is 0 Å². The summed E-state index contributed by atoms with van der Waals surface area (Å²) >= 11 is 2.15. The lowest BCUT2D eigenvalue weighted by Gasteiger charge is -2.36. The van der Waals surface area contributed by atoms with Gasteiger partial charge in [-0.05, 0) is 38.2 Å². The summed E-state index contributed by atoms with van der Waals surface area (Å²) in [6, 6.07) is 1.63. The molecule has 0 N–H and O–H groups in total. The van der Waals surface area contributed by atoms with Crippen LogP contribution in [0.3, 0.4) is 0 Å². The zero-order chi connectivity index (χ0) is 11.0. The minimum atomic E-state index is 0.734. The van der Waals surface area contributed by atoms with Gasteiger partial charge in [0.25, 0.3) is 0 Å². The Hall–Kier alpha value is 0.690. The molecule has 86 valence electrons. The lowest BCUT2D eigenvalue weighted by molar-refractivity contribution is 0.128. The number of rotatable bonds is 3. The third-order valence-electron chi connectivity index (χ3n) is 3.07. The molecule has 0 radical (unpaired) electrons. The number of nitrogens with zero attached hydrogens (tertiary/aromatic N) is 1. The Labute approximate surface area is 104 Å². The molecule has 1 fully saturated rings. The quantitative estimate of drug-likeness (QED) is 0.560. The molecule has 0 spiro atoms. The summed E-state index contributed by atoms with van der Waals surface area (Å²) in [5.74, 6) is 0. The molecule has 0 aromatic heterocycles. The number of hydrogen-bond donors (Lipinski definition) is 0. The van der Waals surface area contributed by atoms with E-state index in [0.29, 0.717) is 0 Å². The summed E-state index contributed by atoms with van der Waals surface area (Å²) in [5, 5.41) is 0. The number of halogens is 1. The predicted molar refractivity (Wildman–Crippen MR) is 74.3 cm³/mol. The maximum Gasteiger partial charge on any atom is 0.00978 e. The Bertz CT molecular complexity index is 119. The summed E-state index contributed by atoms with van der Waals surface area (Å²) in [6.45, 7) is 8.15. The molecule has 1 aliphatic rings. The average Bonchev–Trinajstić information content (AvgIpc) is 2.23. The summed E-state index contributed by atoms with van der Waals surface area (Å²) in [7, 11) is 0. The molecule has 0 heterocycles. The van der Waals surface area contributed by atoms with Gasteiger partial charge in [-0.3, -0.25) is 4.90 Å². The van der Waals surface area contributed by atoms with E-state index in [1.54, 1.807) is 0 Å². The highest BCUT2D eigenvalue weighted by molar-refractivity contribution is 14.1. The summed E-state index contributed by atoms with van der Waals surface area (Å²) in [4.78, 5) is 4.62. The Balaban J connectivity index is 0.000000791. The van der Waals surface area contributed by atoms with Crippen molar-refractivity contribution in [3.8, 4) is 0 Å². The maximum absolute atomic E-state index is 2.65. The van der Waals surface area contributed by atoms with Crippen molar-refractivity contribution in [1.29, 1.82) is 0 Å².